The Morgan fingerprint density at radius 3 is 2.19 bits per heavy atom. The van der Waals surface area contributed by atoms with Crippen LogP contribution in [-0.2, 0) is 9.59 Å². The van der Waals surface area contributed by atoms with Crippen molar-refractivity contribution in [3.05, 3.63) is 0 Å². The van der Waals surface area contributed by atoms with Gasteiger partial charge in [-0.2, -0.15) is 0 Å². The summed E-state index contributed by atoms with van der Waals surface area (Å²) >= 11 is 0. The van der Waals surface area contributed by atoms with Crippen LogP contribution in [0.25, 0.3) is 0 Å². The summed E-state index contributed by atoms with van der Waals surface area (Å²) in [6, 6.07) is 0. The summed E-state index contributed by atoms with van der Waals surface area (Å²) in [6.45, 7) is 1.88. The van der Waals surface area contributed by atoms with Gasteiger partial charge in [0.15, 0.2) is 0 Å². The van der Waals surface area contributed by atoms with Crippen LogP contribution in [-0.4, -0.2) is 41.4 Å². The molecule has 0 saturated carbocycles. The maximum atomic E-state index is 12.3. The Morgan fingerprint density at radius 2 is 1.88 bits per heavy atom. The number of aliphatic carboxylic acids is 1. The molecule has 0 aliphatic carbocycles. The molecule has 1 amide bonds. The first-order valence-electron chi connectivity index (χ1n) is 5.14. The number of carboxylic acids is 1. The highest BCUT2D eigenvalue weighted by Gasteiger charge is 2.43. The SMILES string of the molecule is CC(=O)N1CCC(CC(F)F)(C(=O)O)CC1. The van der Waals surface area contributed by atoms with E-state index in [0.29, 0.717) is 0 Å². The molecular weight excluding hydrogens is 220 g/mol. The zero-order valence-corrected chi connectivity index (χ0v) is 9.08. The van der Waals surface area contributed by atoms with Gasteiger partial charge in [-0.3, -0.25) is 9.59 Å². The smallest absolute Gasteiger partial charge is 0.309 e. The van der Waals surface area contributed by atoms with Gasteiger partial charge in [-0.05, 0) is 12.8 Å². The van der Waals surface area contributed by atoms with Crippen LogP contribution in [0.4, 0.5) is 8.78 Å². The average molecular weight is 235 g/mol. The summed E-state index contributed by atoms with van der Waals surface area (Å²) in [5.41, 5.74) is -1.36. The molecule has 0 atom stereocenters. The van der Waals surface area contributed by atoms with Gasteiger partial charge in [-0.15, -0.1) is 0 Å². The van der Waals surface area contributed by atoms with E-state index in [1.165, 1.54) is 11.8 Å². The van der Waals surface area contributed by atoms with Crippen molar-refractivity contribution < 1.29 is 23.5 Å². The number of nitrogens with zero attached hydrogens (tertiary/aromatic N) is 1. The monoisotopic (exact) mass is 235 g/mol. The third kappa shape index (κ3) is 2.68. The second kappa shape index (κ2) is 4.76. The first kappa shape index (κ1) is 12.9. The van der Waals surface area contributed by atoms with E-state index in [2.05, 4.69) is 0 Å². The lowest BCUT2D eigenvalue weighted by Gasteiger charge is -2.38. The maximum Gasteiger partial charge on any atom is 0.309 e. The van der Waals surface area contributed by atoms with E-state index in [4.69, 9.17) is 5.11 Å². The number of hydrogen-bond acceptors (Lipinski definition) is 2. The van der Waals surface area contributed by atoms with Crippen LogP contribution in [0.1, 0.15) is 26.2 Å². The number of hydrogen-bond donors (Lipinski definition) is 1. The molecule has 0 unspecified atom stereocenters. The van der Waals surface area contributed by atoms with E-state index in [9.17, 15) is 18.4 Å². The predicted molar refractivity (Wildman–Crippen MR) is 52.2 cm³/mol. The number of carbonyl (C=O) groups is 2. The second-order valence-corrected chi connectivity index (χ2v) is 4.19. The molecule has 0 aromatic heterocycles. The molecule has 1 aliphatic rings. The van der Waals surface area contributed by atoms with Crippen LogP contribution >= 0.6 is 0 Å². The van der Waals surface area contributed by atoms with E-state index in [0.717, 1.165) is 0 Å². The minimum absolute atomic E-state index is 0.103. The number of halogens is 2. The van der Waals surface area contributed by atoms with E-state index in [-0.39, 0.29) is 31.8 Å². The van der Waals surface area contributed by atoms with Crippen molar-refractivity contribution in [2.75, 3.05) is 13.1 Å². The van der Waals surface area contributed by atoms with Gasteiger partial charge in [-0.25, -0.2) is 8.78 Å². The topological polar surface area (TPSA) is 57.6 Å². The minimum atomic E-state index is -2.63. The molecule has 1 N–H and O–H groups in total. The zero-order chi connectivity index (χ0) is 12.3. The molecule has 92 valence electrons. The first-order chi connectivity index (χ1) is 7.37. The van der Waals surface area contributed by atoms with Gasteiger partial charge < -0.3 is 10.0 Å². The standard InChI is InChI=1S/C10H15F2NO3/c1-7(14)13-4-2-10(3-5-13,9(15)16)6-8(11)12/h8H,2-6H2,1H3,(H,15,16). The third-order valence-electron chi connectivity index (χ3n) is 3.16. The van der Waals surface area contributed by atoms with Crippen LogP contribution in [0, 0.1) is 5.41 Å². The summed E-state index contributed by atoms with van der Waals surface area (Å²) in [4.78, 5) is 23.6. The van der Waals surface area contributed by atoms with Crippen LogP contribution in [0.3, 0.4) is 0 Å². The first-order valence-corrected chi connectivity index (χ1v) is 5.14. The van der Waals surface area contributed by atoms with Crippen molar-refractivity contribution in [3.8, 4) is 0 Å². The normalized spacial score (nSPS) is 19.9. The number of alkyl halides is 2. The Morgan fingerprint density at radius 1 is 1.38 bits per heavy atom. The zero-order valence-electron chi connectivity index (χ0n) is 9.08. The van der Waals surface area contributed by atoms with E-state index >= 15 is 0 Å². The molecule has 1 heterocycles. The molecule has 0 radical (unpaired) electrons. The predicted octanol–water partition coefficient (Wildman–Crippen LogP) is 1.35. The molecule has 4 nitrogen and oxygen atoms in total. The molecule has 6 heteroatoms. The highest BCUT2D eigenvalue weighted by Crippen LogP contribution is 2.37. The van der Waals surface area contributed by atoms with Gasteiger partial charge in [0.05, 0.1) is 5.41 Å². The highest BCUT2D eigenvalue weighted by molar-refractivity contribution is 5.76. The van der Waals surface area contributed by atoms with Crippen LogP contribution < -0.4 is 0 Å². The van der Waals surface area contributed by atoms with E-state index in [1.54, 1.807) is 0 Å². The molecule has 0 aromatic carbocycles. The fourth-order valence-corrected chi connectivity index (χ4v) is 2.05. The van der Waals surface area contributed by atoms with Gasteiger partial charge in [0.25, 0.3) is 0 Å². The van der Waals surface area contributed by atoms with Crippen molar-refractivity contribution in [1.29, 1.82) is 0 Å². The molecule has 0 spiro atoms. The number of rotatable bonds is 3. The Labute approximate surface area is 92.2 Å². The quantitative estimate of drug-likeness (QED) is 0.803. The number of amides is 1. The number of carboxylic acid groups (broad SMARTS) is 1. The van der Waals surface area contributed by atoms with Gasteiger partial charge in [0, 0.05) is 26.4 Å². The van der Waals surface area contributed by atoms with Crippen LogP contribution in [0.2, 0.25) is 0 Å². The average Bonchev–Trinajstić information content (AvgIpc) is 2.17. The molecule has 0 bridgehead atoms. The molecule has 1 fully saturated rings. The lowest BCUT2D eigenvalue weighted by Crippen LogP contribution is -2.46. The van der Waals surface area contributed by atoms with E-state index < -0.39 is 24.2 Å². The van der Waals surface area contributed by atoms with Crippen molar-refractivity contribution >= 4 is 11.9 Å². The summed E-state index contributed by atoms with van der Waals surface area (Å²) in [5, 5.41) is 9.03. The number of likely N-dealkylation sites (tertiary alicyclic amines) is 1. The molecule has 1 rings (SSSR count). The van der Waals surface area contributed by atoms with Crippen molar-refractivity contribution in [3.63, 3.8) is 0 Å². The molecule has 1 saturated heterocycles. The lowest BCUT2D eigenvalue weighted by atomic mass is 9.76. The molecule has 16 heavy (non-hydrogen) atoms. The van der Waals surface area contributed by atoms with E-state index in [1.807, 2.05) is 0 Å². The van der Waals surface area contributed by atoms with Crippen LogP contribution in [0.15, 0.2) is 0 Å². The molecular formula is C10H15F2NO3. The Bertz CT molecular complexity index is 286. The Kier molecular flexibility index (Phi) is 3.83. The van der Waals surface area contributed by atoms with Crippen molar-refractivity contribution in [2.45, 2.75) is 32.6 Å². The van der Waals surface area contributed by atoms with Gasteiger partial charge in [-0.1, -0.05) is 0 Å². The lowest BCUT2D eigenvalue weighted by molar-refractivity contribution is -0.157. The summed E-state index contributed by atoms with van der Waals surface area (Å²) < 4.78 is 24.7. The summed E-state index contributed by atoms with van der Waals surface area (Å²) in [5.74, 6) is -1.33. The van der Waals surface area contributed by atoms with Crippen molar-refractivity contribution in [2.24, 2.45) is 5.41 Å². The minimum Gasteiger partial charge on any atom is -0.481 e. The number of carbonyl (C=O) groups excluding carboxylic acids is 1. The third-order valence-corrected chi connectivity index (χ3v) is 3.16. The van der Waals surface area contributed by atoms with Gasteiger partial charge in [0.2, 0.25) is 12.3 Å². The summed E-state index contributed by atoms with van der Waals surface area (Å²) in [6.07, 6.45) is -3.05. The maximum absolute atomic E-state index is 12.3. The molecule has 0 aromatic rings. The fraction of sp³-hybridized carbons (Fsp3) is 0.800. The summed E-state index contributed by atoms with van der Waals surface area (Å²) in [7, 11) is 0. The number of piperidine rings is 1. The second-order valence-electron chi connectivity index (χ2n) is 4.19. The Hall–Kier alpha value is -1.20. The highest BCUT2D eigenvalue weighted by atomic mass is 19.3. The Balaban J connectivity index is 2.70. The van der Waals surface area contributed by atoms with Gasteiger partial charge in [0.1, 0.15) is 0 Å². The molecule has 1 aliphatic heterocycles. The largest absolute Gasteiger partial charge is 0.481 e. The van der Waals surface area contributed by atoms with Crippen molar-refractivity contribution in [1.82, 2.24) is 4.90 Å². The van der Waals surface area contributed by atoms with Gasteiger partial charge >= 0.3 is 5.97 Å². The van der Waals surface area contributed by atoms with Crippen LogP contribution in [0.5, 0.6) is 0 Å². The fourth-order valence-electron chi connectivity index (χ4n) is 2.05.